The molecule has 1 aliphatic rings. The number of carbonyl (C=O) groups is 1. The molecule has 0 saturated carbocycles. The summed E-state index contributed by atoms with van der Waals surface area (Å²) in [4.78, 5) is 20.9. The number of ether oxygens (including phenoxy) is 1. The van der Waals surface area contributed by atoms with E-state index in [1.807, 2.05) is 14.1 Å². The van der Waals surface area contributed by atoms with Crippen molar-refractivity contribution in [3.63, 3.8) is 0 Å². The third-order valence-electron chi connectivity index (χ3n) is 4.52. The monoisotopic (exact) mass is 383 g/mol. The minimum Gasteiger partial charge on any atom is -0.381 e. The Morgan fingerprint density at radius 1 is 1.30 bits per heavy atom. The van der Waals surface area contributed by atoms with E-state index >= 15 is 0 Å². The van der Waals surface area contributed by atoms with Gasteiger partial charge in [0.25, 0.3) is 0 Å². The Balaban J connectivity index is 2.25. The highest BCUT2D eigenvalue weighted by Gasteiger charge is 2.30. The van der Waals surface area contributed by atoms with Crippen LogP contribution in [0.4, 0.5) is 0 Å². The summed E-state index contributed by atoms with van der Waals surface area (Å²) in [5, 5.41) is 6.68. The summed E-state index contributed by atoms with van der Waals surface area (Å²) in [6.45, 7) is 12.4. The lowest BCUT2D eigenvalue weighted by molar-refractivity contribution is -0.133. The van der Waals surface area contributed by atoms with Crippen LogP contribution in [-0.4, -0.2) is 87.7 Å². The molecule has 1 heterocycles. The number of aliphatic imine (C=N–C) groups is 1. The molecule has 1 rings (SSSR count). The van der Waals surface area contributed by atoms with Crippen molar-refractivity contribution in [3.8, 4) is 0 Å². The van der Waals surface area contributed by atoms with Gasteiger partial charge in [0.05, 0.1) is 6.04 Å². The highest BCUT2D eigenvalue weighted by atomic mass is 16.5. The highest BCUT2D eigenvalue weighted by Crippen LogP contribution is 2.18. The van der Waals surface area contributed by atoms with E-state index in [2.05, 4.69) is 41.3 Å². The molecule has 1 aliphatic heterocycles. The summed E-state index contributed by atoms with van der Waals surface area (Å²) in [6.07, 6.45) is 4.03. The second-order valence-corrected chi connectivity index (χ2v) is 7.79. The van der Waals surface area contributed by atoms with Crippen molar-refractivity contribution in [2.45, 2.75) is 52.5 Å². The maximum absolute atomic E-state index is 12.2. The molecule has 0 spiro atoms. The lowest BCUT2D eigenvalue weighted by Gasteiger charge is -2.26. The molecule has 1 amide bonds. The summed E-state index contributed by atoms with van der Waals surface area (Å²) >= 11 is 0. The maximum atomic E-state index is 12.2. The first-order valence-electron chi connectivity index (χ1n) is 10.5. The van der Waals surface area contributed by atoms with E-state index in [0.29, 0.717) is 5.92 Å². The number of amides is 1. The number of guanidine groups is 1. The Hall–Kier alpha value is -1.34. The van der Waals surface area contributed by atoms with Crippen molar-refractivity contribution in [1.29, 1.82) is 0 Å². The van der Waals surface area contributed by atoms with Crippen LogP contribution in [0.25, 0.3) is 0 Å². The average molecular weight is 384 g/mol. The highest BCUT2D eigenvalue weighted by molar-refractivity contribution is 5.81. The molecule has 158 valence electrons. The molecule has 0 aromatic carbocycles. The molecule has 1 saturated heterocycles. The summed E-state index contributed by atoms with van der Waals surface area (Å²) in [7, 11) is 3.68. The van der Waals surface area contributed by atoms with Gasteiger partial charge >= 0.3 is 0 Å². The first-order valence-corrected chi connectivity index (χ1v) is 10.5. The Morgan fingerprint density at radius 3 is 2.74 bits per heavy atom. The molecule has 1 unspecified atom stereocenters. The Labute approximate surface area is 165 Å². The first kappa shape index (κ1) is 23.7. The number of rotatable bonds is 12. The first-order chi connectivity index (χ1) is 13.0. The van der Waals surface area contributed by atoms with Gasteiger partial charge in [0.2, 0.25) is 5.91 Å². The SMILES string of the molecule is CCNC(=NCCCOCC(C)C)NCCCN1CCCC1C(=O)N(C)C. The number of hydrogen-bond donors (Lipinski definition) is 2. The molecule has 0 radical (unpaired) electrons. The second-order valence-electron chi connectivity index (χ2n) is 7.79. The van der Waals surface area contributed by atoms with Crippen LogP contribution < -0.4 is 10.6 Å². The van der Waals surface area contributed by atoms with Crippen LogP contribution in [0.2, 0.25) is 0 Å². The number of likely N-dealkylation sites (N-methyl/N-ethyl adjacent to an activating group) is 1. The maximum Gasteiger partial charge on any atom is 0.239 e. The van der Waals surface area contributed by atoms with Crippen LogP contribution in [0.15, 0.2) is 4.99 Å². The second kappa shape index (κ2) is 13.8. The van der Waals surface area contributed by atoms with Crippen molar-refractivity contribution in [2.75, 3.05) is 60.0 Å². The zero-order valence-corrected chi connectivity index (χ0v) is 18.1. The number of carbonyl (C=O) groups excluding carboxylic acids is 1. The molecule has 0 aliphatic carbocycles. The van der Waals surface area contributed by atoms with Crippen LogP contribution in [0.3, 0.4) is 0 Å². The van der Waals surface area contributed by atoms with Crippen LogP contribution in [0.1, 0.15) is 46.5 Å². The zero-order valence-electron chi connectivity index (χ0n) is 18.1. The summed E-state index contributed by atoms with van der Waals surface area (Å²) in [6, 6.07) is 0.0627. The van der Waals surface area contributed by atoms with Gasteiger partial charge in [0, 0.05) is 53.5 Å². The molecule has 0 aromatic heterocycles. The predicted molar refractivity (Wildman–Crippen MR) is 112 cm³/mol. The lowest BCUT2D eigenvalue weighted by Crippen LogP contribution is -2.44. The fourth-order valence-electron chi connectivity index (χ4n) is 3.18. The van der Waals surface area contributed by atoms with E-state index in [-0.39, 0.29) is 11.9 Å². The molecule has 7 nitrogen and oxygen atoms in total. The molecule has 1 fully saturated rings. The van der Waals surface area contributed by atoms with Crippen molar-refractivity contribution in [1.82, 2.24) is 20.4 Å². The molecule has 7 heteroatoms. The molecule has 1 atom stereocenters. The van der Waals surface area contributed by atoms with Crippen molar-refractivity contribution in [2.24, 2.45) is 10.9 Å². The molecule has 2 N–H and O–H groups in total. The van der Waals surface area contributed by atoms with E-state index in [9.17, 15) is 4.79 Å². The summed E-state index contributed by atoms with van der Waals surface area (Å²) < 4.78 is 5.59. The van der Waals surface area contributed by atoms with Gasteiger partial charge in [0.1, 0.15) is 0 Å². The average Bonchev–Trinajstić information content (AvgIpc) is 3.08. The Bertz CT molecular complexity index is 440. The topological polar surface area (TPSA) is 69.2 Å². The summed E-state index contributed by atoms with van der Waals surface area (Å²) in [5.41, 5.74) is 0. The van der Waals surface area contributed by atoms with E-state index in [1.165, 1.54) is 0 Å². The van der Waals surface area contributed by atoms with Crippen LogP contribution >= 0.6 is 0 Å². The van der Waals surface area contributed by atoms with Crippen molar-refractivity contribution < 1.29 is 9.53 Å². The minimum absolute atomic E-state index is 0.0627. The van der Waals surface area contributed by atoms with Gasteiger partial charge < -0.3 is 20.3 Å². The van der Waals surface area contributed by atoms with Gasteiger partial charge in [-0.15, -0.1) is 0 Å². The number of likely N-dealkylation sites (tertiary alicyclic amines) is 1. The Morgan fingerprint density at radius 2 is 2.07 bits per heavy atom. The van der Waals surface area contributed by atoms with Crippen molar-refractivity contribution >= 4 is 11.9 Å². The largest absolute Gasteiger partial charge is 0.381 e. The smallest absolute Gasteiger partial charge is 0.239 e. The molecule has 0 aromatic rings. The fraction of sp³-hybridized carbons (Fsp3) is 0.900. The molecular weight excluding hydrogens is 342 g/mol. The zero-order chi connectivity index (χ0) is 20.1. The number of hydrogen-bond acceptors (Lipinski definition) is 4. The standard InChI is InChI=1S/C20H41N5O2/c1-6-21-20(23-12-9-15-27-16-17(2)3)22-11-8-14-25-13-7-10-18(25)19(26)24(4)5/h17-18H,6-16H2,1-5H3,(H2,21,22,23). The molecule has 0 bridgehead atoms. The van der Waals surface area contributed by atoms with E-state index in [1.54, 1.807) is 4.90 Å². The fourth-order valence-corrected chi connectivity index (χ4v) is 3.18. The summed E-state index contributed by atoms with van der Waals surface area (Å²) in [5.74, 6) is 1.68. The van der Waals surface area contributed by atoms with Gasteiger partial charge in [-0.25, -0.2) is 0 Å². The quantitative estimate of drug-likeness (QED) is 0.304. The predicted octanol–water partition coefficient (Wildman–Crippen LogP) is 1.55. The third-order valence-corrected chi connectivity index (χ3v) is 4.52. The number of nitrogens with zero attached hydrogens (tertiary/aromatic N) is 3. The van der Waals surface area contributed by atoms with Crippen LogP contribution in [-0.2, 0) is 9.53 Å². The van der Waals surface area contributed by atoms with Gasteiger partial charge in [-0.05, 0) is 45.1 Å². The van der Waals surface area contributed by atoms with Gasteiger partial charge in [0.15, 0.2) is 5.96 Å². The minimum atomic E-state index is 0.0627. The van der Waals surface area contributed by atoms with Crippen LogP contribution in [0, 0.1) is 5.92 Å². The van der Waals surface area contributed by atoms with E-state index < -0.39 is 0 Å². The normalized spacial score (nSPS) is 18.1. The molecule has 27 heavy (non-hydrogen) atoms. The van der Waals surface area contributed by atoms with Gasteiger partial charge in [-0.2, -0.15) is 0 Å². The van der Waals surface area contributed by atoms with E-state index in [0.717, 1.165) is 77.6 Å². The Kier molecular flexibility index (Phi) is 12.1. The number of nitrogens with one attached hydrogen (secondary N) is 2. The third kappa shape index (κ3) is 9.96. The van der Waals surface area contributed by atoms with Crippen LogP contribution in [0.5, 0.6) is 0 Å². The lowest BCUT2D eigenvalue weighted by atomic mass is 10.2. The van der Waals surface area contributed by atoms with E-state index in [4.69, 9.17) is 4.74 Å². The molecular formula is C20H41N5O2. The van der Waals surface area contributed by atoms with Gasteiger partial charge in [-0.3, -0.25) is 14.7 Å². The van der Waals surface area contributed by atoms with Gasteiger partial charge in [-0.1, -0.05) is 13.8 Å². The van der Waals surface area contributed by atoms with Crippen molar-refractivity contribution in [3.05, 3.63) is 0 Å².